The zero-order chi connectivity index (χ0) is 17.9. The molecule has 1 N–H and O–H groups in total. The molecule has 2 heterocycles. The molecule has 2 amide bonds. The molecule has 3 rings (SSSR count). The van der Waals surface area contributed by atoms with Gasteiger partial charge in [0.15, 0.2) is 0 Å². The summed E-state index contributed by atoms with van der Waals surface area (Å²) in [7, 11) is 0. The van der Waals surface area contributed by atoms with Gasteiger partial charge in [0.25, 0.3) is 0 Å². The largest absolute Gasteiger partial charge is 0.324 e. The maximum absolute atomic E-state index is 14.5. The van der Waals surface area contributed by atoms with Gasteiger partial charge in [0.05, 0.1) is 6.20 Å². The van der Waals surface area contributed by atoms with E-state index in [4.69, 9.17) is 0 Å². The molecule has 0 aliphatic carbocycles. The van der Waals surface area contributed by atoms with Crippen LogP contribution in [0.25, 0.3) is 0 Å². The number of amides is 2. The van der Waals surface area contributed by atoms with Crippen LogP contribution in [-0.4, -0.2) is 38.9 Å². The quantitative estimate of drug-likeness (QED) is 0.793. The summed E-state index contributed by atoms with van der Waals surface area (Å²) in [6.45, 7) is 0.476. The number of alkyl halides is 2. The molecule has 0 bridgehead atoms. The molecule has 2 aromatic rings. The molecule has 5 nitrogen and oxygen atoms in total. The Kier molecular flexibility index (Phi) is 5.48. The molecule has 1 fully saturated rings. The number of likely N-dealkylation sites (tertiary alicyclic amines) is 1. The van der Waals surface area contributed by atoms with Gasteiger partial charge in [-0.15, -0.1) is 5.10 Å². The lowest BCUT2D eigenvalue weighted by Crippen LogP contribution is -2.44. The van der Waals surface area contributed by atoms with Crippen LogP contribution in [0.5, 0.6) is 0 Å². The van der Waals surface area contributed by atoms with Crippen LogP contribution in [0.1, 0.15) is 12.8 Å². The van der Waals surface area contributed by atoms with Crippen molar-refractivity contribution in [1.29, 1.82) is 0 Å². The average molecular weight is 388 g/mol. The molecule has 0 saturated carbocycles. The third kappa shape index (κ3) is 4.63. The molecule has 25 heavy (non-hydrogen) atoms. The summed E-state index contributed by atoms with van der Waals surface area (Å²) in [5, 5.41) is 3.75. The molecule has 0 unspecified atom stereocenters. The van der Waals surface area contributed by atoms with Gasteiger partial charge in [-0.2, -0.15) is 8.78 Å². The predicted molar refractivity (Wildman–Crippen MR) is 90.4 cm³/mol. The molecule has 1 saturated heterocycles. The SMILES string of the molecule is O=C(Nc1cnns1)N1CCC(C(F)(F)Sc2cccc(F)c2)CC1. The third-order valence-corrected chi connectivity index (χ3v) is 5.57. The number of carbonyl (C=O) groups excluding carboxylic acids is 1. The van der Waals surface area contributed by atoms with E-state index < -0.39 is 17.0 Å². The highest BCUT2D eigenvalue weighted by atomic mass is 32.2. The van der Waals surface area contributed by atoms with Crippen LogP contribution in [0, 0.1) is 11.7 Å². The topological polar surface area (TPSA) is 58.1 Å². The second kappa shape index (κ2) is 7.61. The highest BCUT2D eigenvalue weighted by Crippen LogP contribution is 2.45. The minimum absolute atomic E-state index is 0.184. The van der Waals surface area contributed by atoms with E-state index >= 15 is 0 Å². The van der Waals surface area contributed by atoms with Crippen molar-refractivity contribution in [3.05, 3.63) is 36.3 Å². The van der Waals surface area contributed by atoms with Crippen molar-refractivity contribution in [2.24, 2.45) is 5.92 Å². The van der Waals surface area contributed by atoms with Crippen molar-refractivity contribution < 1.29 is 18.0 Å². The van der Waals surface area contributed by atoms with Crippen molar-refractivity contribution in [3.8, 4) is 0 Å². The van der Waals surface area contributed by atoms with E-state index in [-0.39, 0.29) is 36.9 Å². The Morgan fingerprint density at radius 2 is 2.12 bits per heavy atom. The summed E-state index contributed by atoms with van der Waals surface area (Å²) in [6, 6.07) is 4.86. The molecule has 1 aliphatic rings. The number of thioether (sulfide) groups is 1. The molecule has 0 spiro atoms. The first kappa shape index (κ1) is 18.0. The Hall–Kier alpha value is -1.81. The third-order valence-electron chi connectivity index (χ3n) is 3.90. The fourth-order valence-electron chi connectivity index (χ4n) is 2.60. The van der Waals surface area contributed by atoms with Crippen LogP contribution in [0.3, 0.4) is 0 Å². The zero-order valence-corrected chi connectivity index (χ0v) is 14.6. The summed E-state index contributed by atoms with van der Waals surface area (Å²) in [6.07, 6.45) is 1.80. The smallest absolute Gasteiger partial charge is 0.322 e. The molecule has 0 radical (unpaired) electrons. The number of anilines is 1. The van der Waals surface area contributed by atoms with Gasteiger partial charge in [-0.25, -0.2) is 9.18 Å². The predicted octanol–water partition coefficient (Wildman–Crippen LogP) is 4.31. The Labute approximate surface area is 150 Å². The van der Waals surface area contributed by atoms with E-state index in [1.165, 1.54) is 29.3 Å². The first-order chi connectivity index (χ1) is 11.9. The summed E-state index contributed by atoms with van der Waals surface area (Å²) >= 11 is 1.42. The normalized spacial score (nSPS) is 16.0. The number of rotatable bonds is 4. The average Bonchev–Trinajstić information content (AvgIpc) is 3.07. The van der Waals surface area contributed by atoms with E-state index in [1.807, 2.05) is 0 Å². The van der Waals surface area contributed by atoms with Crippen molar-refractivity contribution in [1.82, 2.24) is 14.5 Å². The molecular weight excluding hydrogens is 373 g/mol. The van der Waals surface area contributed by atoms with Crippen molar-refractivity contribution in [2.45, 2.75) is 23.0 Å². The number of hydrogen-bond donors (Lipinski definition) is 1. The van der Waals surface area contributed by atoms with Crippen molar-refractivity contribution in [3.63, 3.8) is 0 Å². The lowest BCUT2D eigenvalue weighted by molar-refractivity contribution is 0.0100. The first-order valence-corrected chi connectivity index (χ1v) is 9.19. The molecule has 134 valence electrons. The van der Waals surface area contributed by atoms with Gasteiger partial charge in [-0.3, -0.25) is 5.32 Å². The Morgan fingerprint density at radius 1 is 1.36 bits per heavy atom. The van der Waals surface area contributed by atoms with Crippen molar-refractivity contribution in [2.75, 3.05) is 18.4 Å². The number of piperidine rings is 1. The lowest BCUT2D eigenvalue weighted by atomic mass is 9.97. The molecule has 1 aliphatic heterocycles. The van der Waals surface area contributed by atoms with E-state index in [0.717, 1.165) is 17.6 Å². The maximum Gasteiger partial charge on any atom is 0.322 e. The number of urea groups is 1. The first-order valence-electron chi connectivity index (χ1n) is 7.60. The Balaban J connectivity index is 1.54. The van der Waals surface area contributed by atoms with Crippen LogP contribution >= 0.6 is 23.3 Å². The Morgan fingerprint density at radius 3 is 2.76 bits per heavy atom. The second-order valence-corrected chi connectivity index (χ2v) is 7.60. The number of carbonyl (C=O) groups is 1. The Bertz CT molecular complexity index is 721. The van der Waals surface area contributed by atoms with Crippen LogP contribution in [-0.2, 0) is 0 Å². The summed E-state index contributed by atoms with van der Waals surface area (Å²) < 4.78 is 45.7. The van der Waals surface area contributed by atoms with Gasteiger partial charge in [0, 0.05) is 35.4 Å². The minimum Gasteiger partial charge on any atom is -0.324 e. The lowest BCUT2D eigenvalue weighted by Gasteiger charge is -2.35. The second-order valence-electron chi connectivity index (χ2n) is 5.59. The summed E-state index contributed by atoms with van der Waals surface area (Å²) in [5.41, 5.74) is 0. The van der Waals surface area contributed by atoms with Gasteiger partial charge in [-0.05, 0) is 31.0 Å². The molecule has 10 heteroatoms. The monoisotopic (exact) mass is 388 g/mol. The highest BCUT2D eigenvalue weighted by Gasteiger charge is 2.42. The van der Waals surface area contributed by atoms with Gasteiger partial charge < -0.3 is 4.90 Å². The number of aromatic nitrogens is 2. The number of nitrogens with zero attached hydrogens (tertiary/aromatic N) is 3. The van der Waals surface area contributed by atoms with E-state index in [0.29, 0.717) is 16.8 Å². The molecule has 0 atom stereocenters. The minimum atomic E-state index is -3.02. The fourth-order valence-corrected chi connectivity index (χ4v) is 4.04. The standard InChI is InChI=1S/C15H15F3N4OS2/c16-11-2-1-3-12(8-11)24-15(17,18)10-4-6-22(7-5-10)14(23)20-13-9-19-21-25-13/h1-3,8-10H,4-7H2,(H,20,23). The van der Waals surface area contributed by atoms with Crippen LogP contribution in [0.4, 0.5) is 23.0 Å². The van der Waals surface area contributed by atoms with Crippen molar-refractivity contribution >= 4 is 34.3 Å². The van der Waals surface area contributed by atoms with Gasteiger partial charge in [-0.1, -0.05) is 22.3 Å². The number of hydrogen-bond acceptors (Lipinski definition) is 5. The van der Waals surface area contributed by atoms with Gasteiger partial charge in [0.1, 0.15) is 10.8 Å². The van der Waals surface area contributed by atoms with E-state index in [9.17, 15) is 18.0 Å². The van der Waals surface area contributed by atoms with Gasteiger partial charge >= 0.3 is 11.3 Å². The molecule has 1 aromatic heterocycles. The maximum atomic E-state index is 14.5. The molecule has 1 aromatic carbocycles. The summed E-state index contributed by atoms with van der Waals surface area (Å²) in [4.78, 5) is 13.8. The van der Waals surface area contributed by atoms with Gasteiger partial charge in [0.2, 0.25) is 0 Å². The number of halogens is 3. The zero-order valence-electron chi connectivity index (χ0n) is 13.0. The fraction of sp³-hybridized carbons (Fsp3) is 0.400. The molecular formula is C15H15F3N4OS2. The highest BCUT2D eigenvalue weighted by molar-refractivity contribution is 8.00. The summed E-state index contributed by atoms with van der Waals surface area (Å²) in [5.74, 6) is -1.40. The number of benzene rings is 1. The van der Waals surface area contributed by atoms with E-state index in [2.05, 4.69) is 14.9 Å². The van der Waals surface area contributed by atoms with Crippen LogP contribution < -0.4 is 5.32 Å². The van der Waals surface area contributed by atoms with E-state index in [1.54, 1.807) is 0 Å². The van der Waals surface area contributed by atoms with Crippen LogP contribution in [0.15, 0.2) is 35.4 Å². The number of nitrogens with one attached hydrogen (secondary N) is 1. The van der Waals surface area contributed by atoms with Crippen LogP contribution in [0.2, 0.25) is 0 Å².